The summed E-state index contributed by atoms with van der Waals surface area (Å²) in [7, 11) is 0. The van der Waals surface area contributed by atoms with Crippen LogP contribution in [0, 0.1) is 11.6 Å². The van der Waals surface area contributed by atoms with E-state index in [9.17, 15) is 18.4 Å². The van der Waals surface area contributed by atoms with E-state index in [0.717, 1.165) is 5.56 Å². The van der Waals surface area contributed by atoms with Crippen LogP contribution in [0.1, 0.15) is 23.7 Å². The summed E-state index contributed by atoms with van der Waals surface area (Å²) < 4.78 is 29.2. The van der Waals surface area contributed by atoms with Crippen LogP contribution in [0.5, 0.6) is 0 Å². The number of carbonyl (C=O) groups is 2. The normalized spacial score (nSPS) is 10.7. The number of carbonyl (C=O) groups excluding carboxylic acids is 2. The molecule has 0 aliphatic heterocycles. The second-order valence-corrected chi connectivity index (χ2v) is 7.92. The molecule has 6 nitrogen and oxygen atoms in total. The number of rotatable bonds is 8. The van der Waals surface area contributed by atoms with Gasteiger partial charge in [-0.25, -0.2) is 13.5 Å². The van der Waals surface area contributed by atoms with Gasteiger partial charge in [-0.1, -0.05) is 49.4 Å². The van der Waals surface area contributed by atoms with E-state index < -0.39 is 23.4 Å². The molecular formula is C27H24F2N4O2. The number of amides is 2. The lowest BCUT2D eigenvalue weighted by atomic mass is 10.1. The van der Waals surface area contributed by atoms with Crippen LogP contribution in [0.4, 0.5) is 14.6 Å². The summed E-state index contributed by atoms with van der Waals surface area (Å²) in [6.45, 7) is 1.89. The number of anilines is 1. The van der Waals surface area contributed by atoms with E-state index in [1.54, 1.807) is 24.3 Å². The van der Waals surface area contributed by atoms with Crippen molar-refractivity contribution in [2.24, 2.45) is 0 Å². The van der Waals surface area contributed by atoms with Crippen LogP contribution >= 0.6 is 0 Å². The fourth-order valence-electron chi connectivity index (χ4n) is 3.68. The highest BCUT2D eigenvalue weighted by atomic mass is 19.1. The molecule has 8 heteroatoms. The van der Waals surface area contributed by atoms with Crippen LogP contribution < -0.4 is 5.32 Å². The molecule has 1 aromatic heterocycles. The van der Waals surface area contributed by atoms with Crippen molar-refractivity contribution >= 4 is 17.6 Å². The first-order valence-corrected chi connectivity index (χ1v) is 11.2. The molecule has 0 saturated heterocycles. The van der Waals surface area contributed by atoms with Crippen LogP contribution in [-0.4, -0.2) is 39.6 Å². The molecule has 1 N–H and O–H groups in total. The number of halogens is 2. The number of aromatic nitrogens is 2. The van der Waals surface area contributed by atoms with Gasteiger partial charge in [-0.05, 0) is 42.8 Å². The lowest BCUT2D eigenvalue weighted by Crippen LogP contribution is -2.39. The van der Waals surface area contributed by atoms with Gasteiger partial charge in [-0.3, -0.25) is 9.59 Å². The predicted octanol–water partition coefficient (Wildman–Crippen LogP) is 5.31. The monoisotopic (exact) mass is 474 g/mol. The second-order valence-electron chi connectivity index (χ2n) is 7.92. The lowest BCUT2D eigenvalue weighted by Gasteiger charge is -2.22. The highest BCUT2D eigenvalue weighted by Crippen LogP contribution is 2.25. The Morgan fingerprint density at radius 3 is 2.31 bits per heavy atom. The molecule has 0 aliphatic carbocycles. The summed E-state index contributed by atoms with van der Waals surface area (Å²) in [6, 6.07) is 22.5. The Kier molecular flexibility index (Phi) is 7.30. The van der Waals surface area contributed by atoms with Gasteiger partial charge in [0.2, 0.25) is 5.91 Å². The zero-order valence-corrected chi connectivity index (χ0v) is 19.1. The topological polar surface area (TPSA) is 67.2 Å². The molecule has 0 radical (unpaired) electrons. The summed E-state index contributed by atoms with van der Waals surface area (Å²) in [5, 5.41) is 7.40. The molecule has 0 saturated carbocycles. The molecule has 0 atom stereocenters. The van der Waals surface area contributed by atoms with Crippen molar-refractivity contribution in [2.75, 3.05) is 18.4 Å². The maximum Gasteiger partial charge on any atom is 0.257 e. The van der Waals surface area contributed by atoms with Gasteiger partial charge < -0.3 is 10.2 Å². The standard InChI is InChI=1S/C27H24F2N4O2/c1-2-16-32(27(35)22-10-6-7-11-23(22)29)18-26(34)30-25-17-24(19-8-4-3-5-9-19)31-33(25)21-14-12-20(28)13-15-21/h3-15,17H,2,16,18H2,1H3,(H,30,34). The fraction of sp³-hybridized carbons (Fsp3) is 0.148. The molecule has 0 unspecified atom stereocenters. The summed E-state index contributed by atoms with van der Waals surface area (Å²) in [5.41, 5.74) is 1.91. The first-order chi connectivity index (χ1) is 17.0. The second kappa shape index (κ2) is 10.7. The van der Waals surface area contributed by atoms with Crippen molar-refractivity contribution in [2.45, 2.75) is 13.3 Å². The van der Waals surface area contributed by atoms with E-state index >= 15 is 0 Å². The van der Waals surface area contributed by atoms with Gasteiger partial charge in [-0.2, -0.15) is 5.10 Å². The summed E-state index contributed by atoms with van der Waals surface area (Å²) >= 11 is 0. The molecule has 178 valence electrons. The number of nitrogens with one attached hydrogen (secondary N) is 1. The van der Waals surface area contributed by atoms with Crippen LogP contribution in [0.15, 0.2) is 84.9 Å². The Morgan fingerprint density at radius 2 is 1.63 bits per heavy atom. The summed E-state index contributed by atoms with van der Waals surface area (Å²) in [6.07, 6.45) is 0.596. The molecule has 35 heavy (non-hydrogen) atoms. The Hall–Kier alpha value is -4.33. The van der Waals surface area contributed by atoms with Crippen molar-refractivity contribution in [3.05, 3.63) is 102 Å². The smallest absolute Gasteiger partial charge is 0.257 e. The Balaban J connectivity index is 1.60. The van der Waals surface area contributed by atoms with E-state index in [-0.39, 0.29) is 18.7 Å². The molecule has 0 fully saturated rings. The van der Waals surface area contributed by atoms with Crippen molar-refractivity contribution in [1.82, 2.24) is 14.7 Å². The zero-order chi connectivity index (χ0) is 24.8. The van der Waals surface area contributed by atoms with Crippen molar-refractivity contribution in [3.8, 4) is 16.9 Å². The SMILES string of the molecule is CCCN(CC(=O)Nc1cc(-c2ccccc2)nn1-c1ccc(F)cc1)C(=O)c1ccccc1F. The van der Waals surface area contributed by atoms with Gasteiger partial charge in [0.15, 0.2) is 0 Å². The van der Waals surface area contributed by atoms with Crippen LogP contribution in [-0.2, 0) is 4.79 Å². The van der Waals surface area contributed by atoms with Gasteiger partial charge in [-0.15, -0.1) is 0 Å². The summed E-state index contributed by atoms with van der Waals surface area (Å²) in [5.74, 6) is -1.70. The predicted molar refractivity (Wildman–Crippen MR) is 130 cm³/mol. The van der Waals surface area contributed by atoms with E-state index in [0.29, 0.717) is 23.6 Å². The van der Waals surface area contributed by atoms with E-state index in [2.05, 4.69) is 10.4 Å². The minimum absolute atomic E-state index is 0.0866. The fourth-order valence-corrected chi connectivity index (χ4v) is 3.68. The third-order valence-corrected chi connectivity index (χ3v) is 5.34. The third-order valence-electron chi connectivity index (χ3n) is 5.34. The van der Waals surface area contributed by atoms with Gasteiger partial charge in [0.05, 0.1) is 16.9 Å². The Morgan fingerprint density at radius 1 is 0.943 bits per heavy atom. The van der Waals surface area contributed by atoms with Crippen molar-refractivity contribution < 1.29 is 18.4 Å². The van der Waals surface area contributed by atoms with Crippen LogP contribution in [0.2, 0.25) is 0 Å². The lowest BCUT2D eigenvalue weighted by molar-refractivity contribution is -0.116. The van der Waals surface area contributed by atoms with Crippen molar-refractivity contribution in [1.29, 1.82) is 0 Å². The molecule has 0 aliphatic rings. The molecule has 4 rings (SSSR count). The van der Waals surface area contributed by atoms with Gasteiger partial charge in [0, 0.05) is 18.2 Å². The minimum atomic E-state index is -0.638. The maximum atomic E-state index is 14.2. The van der Waals surface area contributed by atoms with Gasteiger partial charge in [0.1, 0.15) is 24.0 Å². The van der Waals surface area contributed by atoms with Crippen LogP contribution in [0.25, 0.3) is 16.9 Å². The molecule has 1 heterocycles. The molecule has 2 amide bonds. The number of hydrogen-bond donors (Lipinski definition) is 1. The number of benzene rings is 3. The van der Waals surface area contributed by atoms with Crippen LogP contribution in [0.3, 0.4) is 0 Å². The molecule has 0 bridgehead atoms. The maximum absolute atomic E-state index is 14.2. The van der Waals surface area contributed by atoms with E-state index in [1.807, 2.05) is 37.3 Å². The molecule has 3 aromatic carbocycles. The molecule has 4 aromatic rings. The van der Waals surface area contributed by atoms with Gasteiger partial charge in [0.25, 0.3) is 5.91 Å². The highest BCUT2D eigenvalue weighted by Gasteiger charge is 2.22. The number of hydrogen-bond acceptors (Lipinski definition) is 3. The average molecular weight is 475 g/mol. The highest BCUT2D eigenvalue weighted by molar-refractivity contribution is 5.99. The zero-order valence-electron chi connectivity index (χ0n) is 19.1. The first-order valence-electron chi connectivity index (χ1n) is 11.2. The Bertz CT molecular complexity index is 1320. The third kappa shape index (κ3) is 5.60. The van der Waals surface area contributed by atoms with Gasteiger partial charge >= 0.3 is 0 Å². The molecule has 0 spiro atoms. The summed E-state index contributed by atoms with van der Waals surface area (Å²) in [4.78, 5) is 27.2. The first kappa shape index (κ1) is 23.8. The van der Waals surface area contributed by atoms with E-state index in [4.69, 9.17) is 0 Å². The molecular weight excluding hydrogens is 450 g/mol. The Labute approximate surface area is 201 Å². The number of nitrogens with zero attached hydrogens (tertiary/aromatic N) is 3. The largest absolute Gasteiger partial charge is 0.329 e. The minimum Gasteiger partial charge on any atom is -0.329 e. The quantitative estimate of drug-likeness (QED) is 0.376. The van der Waals surface area contributed by atoms with Crippen molar-refractivity contribution in [3.63, 3.8) is 0 Å². The average Bonchev–Trinajstić information content (AvgIpc) is 3.28. The van der Waals surface area contributed by atoms with E-state index in [1.165, 1.54) is 39.9 Å².